The summed E-state index contributed by atoms with van der Waals surface area (Å²) in [6, 6.07) is 9.62. The first-order chi connectivity index (χ1) is 10.1. The topological polar surface area (TPSA) is 74.0 Å². The molecule has 0 bridgehead atoms. The summed E-state index contributed by atoms with van der Waals surface area (Å²) in [6.07, 6.45) is 1.78. The maximum absolute atomic E-state index is 12.3. The summed E-state index contributed by atoms with van der Waals surface area (Å²) in [5.41, 5.74) is 0.586. The SMILES string of the molecule is CC1CC(NC(=O)c2cc3ccccc3[nH]c2=O)CCN1. The smallest absolute Gasteiger partial charge is 0.261 e. The van der Waals surface area contributed by atoms with E-state index in [0.29, 0.717) is 6.04 Å². The van der Waals surface area contributed by atoms with Crippen LogP contribution in [0.5, 0.6) is 0 Å². The molecule has 5 heteroatoms. The van der Waals surface area contributed by atoms with Crippen molar-refractivity contribution in [3.05, 3.63) is 46.2 Å². The highest BCUT2D eigenvalue weighted by Crippen LogP contribution is 2.12. The van der Waals surface area contributed by atoms with Gasteiger partial charge < -0.3 is 15.6 Å². The zero-order valence-electron chi connectivity index (χ0n) is 12.0. The minimum Gasteiger partial charge on any atom is -0.349 e. The molecule has 110 valence electrons. The number of fused-ring (bicyclic) bond motifs is 1. The summed E-state index contributed by atoms with van der Waals surface area (Å²) in [4.78, 5) is 27.1. The number of piperidine rings is 1. The van der Waals surface area contributed by atoms with Crippen LogP contribution >= 0.6 is 0 Å². The second-order valence-electron chi connectivity index (χ2n) is 5.65. The van der Waals surface area contributed by atoms with E-state index in [0.717, 1.165) is 30.3 Å². The zero-order valence-corrected chi connectivity index (χ0v) is 12.0. The third-order valence-electron chi connectivity index (χ3n) is 3.96. The Hall–Kier alpha value is -2.14. The standard InChI is InChI=1S/C16H19N3O2/c1-10-8-12(6-7-17-10)18-15(20)13-9-11-4-2-3-5-14(11)19-16(13)21/h2-5,9-10,12,17H,6-8H2,1H3,(H,18,20)(H,19,21). The van der Waals surface area contributed by atoms with Crippen LogP contribution in [0, 0.1) is 0 Å². The fourth-order valence-electron chi connectivity index (χ4n) is 2.84. The summed E-state index contributed by atoms with van der Waals surface area (Å²) < 4.78 is 0. The normalized spacial score (nSPS) is 22.1. The number of carbonyl (C=O) groups is 1. The van der Waals surface area contributed by atoms with Gasteiger partial charge in [0.25, 0.3) is 11.5 Å². The lowest BCUT2D eigenvalue weighted by atomic mass is 10.0. The van der Waals surface area contributed by atoms with Crippen molar-refractivity contribution < 1.29 is 4.79 Å². The van der Waals surface area contributed by atoms with E-state index in [1.54, 1.807) is 6.07 Å². The van der Waals surface area contributed by atoms with Crippen molar-refractivity contribution >= 4 is 16.8 Å². The van der Waals surface area contributed by atoms with E-state index in [2.05, 4.69) is 22.5 Å². The molecule has 21 heavy (non-hydrogen) atoms. The fraction of sp³-hybridized carbons (Fsp3) is 0.375. The average Bonchev–Trinajstić information content (AvgIpc) is 2.46. The van der Waals surface area contributed by atoms with Crippen molar-refractivity contribution in [2.45, 2.75) is 31.8 Å². The highest BCUT2D eigenvalue weighted by molar-refractivity contribution is 5.97. The first kappa shape index (κ1) is 13.8. The van der Waals surface area contributed by atoms with E-state index in [-0.39, 0.29) is 23.1 Å². The van der Waals surface area contributed by atoms with Crippen LogP contribution in [0.1, 0.15) is 30.1 Å². The van der Waals surface area contributed by atoms with Gasteiger partial charge in [-0.25, -0.2) is 0 Å². The number of para-hydroxylation sites is 1. The van der Waals surface area contributed by atoms with Crippen LogP contribution in [0.4, 0.5) is 0 Å². The summed E-state index contributed by atoms with van der Waals surface area (Å²) in [5, 5.41) is 7.18. The number of benzene rings is 1. The van der Waals surface area contributed by atoms with E-state index in [4.69, 9.17) is 0 Å². The number of pyridine rings is 1. The Bertz CT molecular complexity index is 723. The summed E-state index contributed by atoms with van der Waals surface area (Å²) in [5.74, 6) is -0.291. The molecule has 1 fully saturated rings. The highest BCUT2D eigenvalue weighted by atomic mass is 16.2. The molecule has 1 aliphatic rings. The number of amides is 1. The molecular formula is C16H19N3O2. The zero-order chi connectivity index (χ0) is 14.8. The maximum Gasteiger partial charge on any atom is 0.261 e. The van der Waals surface area contributed by atoms with Crippen molar-refractivity contribution in [1.82, 2.24) is 15.6 Å². The van der Waals surface area contributed by atoms with Crippen LogP contribution in [0.25, 0.3) is 10.9 Å². The van der Waals surface area contributed by atoms with Crippen molar-refractivity contribution in [2.24, 2.45) is 0 Å². The minimum atomic E-state index is -0.340. The van der Waals surface area contributed by atoms with Gasteiger partial charge >= 0.3 is 0 Å². The second kappa shape index (κ2) is 5.69. The van der Waals surface area contributed by atoms with Gasteiger partial charge in [0.1, 0.15) is 5.56 Å². The van der Waals surface area contributed by atoms with Gasteiger partial charge in [0.2, 0.25) is 0 Å². The maximum atomic E-state index is 12.3. The van der Waals surface area contributed by atoms with E-state index in [9.17, 15) is 9.59 Å². The van der Waals surface area contributed by atoms with E-state index in [1.165, 1.54) is 0 Å². The van der Waals surface area contributed by atoms with Gasteiger partial charge in [0, 0.05) is 17.6 Å². The van der Waals surface area contributed by atoms with Gasteiger partial charge in [-0.3, -0.25) is 9.59 Å². The van der Waals surface area contributed by atoms with Crippen LogP contribution < -0.4 is 16.2 Å². The molecule has 1 aromatic heterocycles. The van der Waals surface area contributed by atoms with E-state index >= 15 is 0 Å². The number of nitrogens with one attached hydrogen (secondary N) is 3. The lowest BCUT2D eigenvalue weighted by Crippen LogP contribution is -2.47. The number of aromatic amines is 1. The van der Waals surface area contributed by atoms with Crippen molar-refractivity contribution in [3.63, 3.8) is 0 Å². The predicted octanol–water partition coefficient (Wildman–Crippen LogP) is 1.40. The summed E-state index contributed by atoms with van der Waals surface area (Å²) >= 11 is 0. The van der Waals surface area contributed by atoms with Crippen LogP contribution in [0.3, 0.4) is 0 Å². The van der Waals surface area contributed by atoms with Crippen LogP contribution in [0.2, 0.25) is 0 Å². The van der Waals surface area contributed by atoms with Crippen molar-refractivity contribution in [1.29, 1.82) is 0 Å². The summed E-state index contributed by atoms with van der Waals surface area (Å²) in [7, 11) is 0. The first-order valence-corrected chi connectivity index (χ1v) is 7.30. The third kappa shape index (κ3) is 2.97. The number of aromatic nitrogens is 1. The van der Waals surface area contributed by atoms with Crippen LogP contribution in [-0.4, -0.2) is 29.5 Å². The van der Waals surface area contributed by atoms with Gasteiger partial charge in [-0.05, 0) is 43.8 Å². The molecule has 0 spiro atoms. The van der Waals surface area contributed by atoms with Crippen LogP contribution in [0.15, 0.2) is 35.1 Å². The fourth-order valence-corrected chi connectivity index (χ4v) is 2.84. The molecule has 1 aliphatic heterocycles. The molecule has 1 aromatic carbocycles. The number of hydrogen-bond donors (Lipinski definition) is 3. The largest absolute Gasteiger partial charge is 0.349 e. The van der Waals surface area contributed by atoms with Gasteiger partial charge in [-0.2, -0.15) is 0 Å². The molecule has 2 atom stereocenters. The monoisotopic (exact) mass is 285 g/mol. The Morgan fingerprint density at radius 2 is 2.14 bits per heavy atom. The van der Waals surface area contributed by atoms with Gasteiger partial charge in [-0.1, -0.05) is 18.2 Å². The van der Waals surface area contributed by atoms with E-state index < -0.39 is 0 Å². The number of H-pyrrole nitrogens is 1. The molecular weight excluding hydrogens is 266 g/mol. The number of carbonyl (C=O) groups excluding carboxylic acids is 1. The Labute approximate surface area is 122 Å². The predicted molar refractivity (Wildman–Crippen MR) is 82.5 cm³/mol. The molecule has 2 heterocycles. The Morgan fingerprint density at radius 1 is 1.33 bits per heavy atom. The Balaban J connectivity index is 1.84. The molecule has 5 nitrogen and oxygen atoms in total. The van der Waals surface area contributed by atoms with Gasteiger partial charge in [0.15, 0.2) is 0 Å². The van der Waals surface area contributed by atoms with Crippen LogP contribution in [-0.2, 0) is 0 Å². The van der Waals surface area contributed by atoms with Gasteiger partial charge in [-0.15, -0.1) is 0 Å². The average molecular weight is 285 g/mol. The molecule has 2 unspecified atom stereocenters. The Morgan fingerprint density at radius 3 is 2.95 bits per heavy atom. The quantitative estimate of drug-likeness (QED) is 0.781. The molecule has 1 amide bonds. The molecule has 0 radical (unpaired) electrons. The summed E-state index contributed by atoms with van der Waals surface area (Å²) in [6.45, 7) is 2.99. The molecule has 0 saturated carbocycles. The minimum absolute atomic E-state index is 0.125. The number of rotatable bonds is 2. The highest BCUT2D eigenvalue weighted by Gasteiger charge is 2.21. The third-order valence-corrected chi connectivity index (χ3v) is 3.96. The molecule has 2 aromatic rings. The number of hydrogen-bond acceptors (Lipinski definition) is 3. The second-order valence-corrected chi connectivity index (χ2v) is 5.65. The molecule has 0 aliphatic carbocycles. The van der Waals surface area contributed by atoms with Crippen molar-refractivity contribution in [3.8, 4) is 0 Å². The molecule has 1 saturated heterocycles. The van der Waals surface area contributed by atoms with Gasteiger partial charge in [0.05, 0.1) is 0 Å². The van der Waals surface area contributed by atoms with Crippen molar-refractivity contribution in [2.75, 3.05) is 6.54 Å². The molecule has 3 rings (SSSR count). The van der Waals surface area contributed by atoms with E-state index in [1.807, 2.05) is 24.3 Å². The lowest BCUT2D eigenvalue weighted by Gasteiger charge is -2.28. The molecule has 3 N–H and O–H groups in total. The lowest BCUT2D eigenvalue weighted by molar-refractivity contribution is 0.0924. The Kier molecular flexibility index (Phi) is 3.75. The first-order valence-electron chi connectivity index (χ1n) is 7.30.